The van der Waals surface area contributed by atoms with Crippen molar-refractivity contribution in [1.82, 2.24) is 10.2 Å². The quantitative estimate of drug-likeness (QED) is 0.464. The van der Waals surface area contributed by atoms with Gasteiger partial charge in [-0.3, -0.25) is 9.59 Å². The van der Waals surface area contributed by atoms with E-state index >= 15 is 0 Å². The zero-order chi connectivity index (χ0) is 14.4. The van der Waals surface area contributed by atoms with E-state index in [1.165, 1.54) is 6.92 Å². The lowest BCUT2D eigenvalue weighted by Crippen LogP contribution is -2.39. The fourth-order valence-electron chi connectivity index (χ4n) is 2.12. The molecule has 0 aromatic heterocycles. The summed E-state index contributed by atoms with van der Waals surface area (Å²) in [5.74, 6) is -1.26. The second-order valence-corrected chi connectivity index (χ2v) is 5.52. The van der Waals surface area contributed by atoms with Crippen molar-refractivity contribution in [2.75, 3.05) is 13.1 Å². The predicted octanol–water partition coefficient (Wildman–Crippen LogP) is 0.277. The van der Waals surface area contributed by atoms with E-state index in [-0.39, 0.29) is 17.1 Å². The molecule has 1 aliphatic rings. The maximum Gasteiger partial charge on any atom is 0.326 e. The zero-order valence-corrected chi connectivity index (χ0v) is 11.9. The van der Waals surface area contributed by atoms with Gasteiger partial charge in [0.1, 0.15) is 6.04 Å². The maximum atomic E-state index is 11.5. The second-order valence-electron chi connectivity index (χ2n) is 4.78. The number of carbonyl (C=O) groups is 3. The lowest BCUT2D eigenvalue weighted by atomic mass is 10.1. The minimum Gasteiger partial charge on any atom is -0.480 e. The van der Waals surface area contributed by atoms with Crippen LogP contribution in [0.4, 0.5) is 0 Å². The fraction of sp³-hybridized carbons (Fsp3) is 0.750. The van der Waals surface area contributed by atoms with Crippen molar-refractivity contribution in [3.05, 3.63) is 0 Å². The fourth-order valence-corrected chi connectivity index (χ4v) is 2.47. The number of aliphatic carboxylic acids is 1. The van der Waals surface area contributed by atoms with Crippen molar-refractivity contribution in [2.45, 2.75) is 43.9 Å². The Hall–Kier alpha value is -1.24. The van der Waals surface area contributed by atoms with Gasteiger partial charge in [-0.2, -0.15) is 12.6 Å². The first-order valence-electron chi connectivity index (χ1n) is 6.36. The van der Waals surface area contributed by atoms with E-state index in [2.05, 4.69) is 17.9 Å². The first kappa shape index (κ1) is 15.8. The van der Waals surface area contributed by atoms with Crippen molar-refractivity contribution in [2.24, 2.45) is 0 Å². The molecule has 1 heterocycles. The van der Waals surface area contributed by atoms with Gasteiger partial charge < -0.3 is 15.3 Å². The second kappa shape index (κ2) is 7.37. The Morgan fingerprint density at radius 2 is 2.21 bits per heavy atom. The summed E-state index contributed by atoms with van der Waals surface area (Å²) in [6, 6.07) is -0.843. The monoisotopic (exact) mass is 288 g/mol. The molecular weight excluding hydrogens is 268 g/mol. The molecule has 1 fully saturated rings. The van der Waals surface area contributed by atoms with Crippen LogP contribution in [0.2, 0.25) is 0 Å². The van der Waals surface area contributed by atoms with Crippen LogP contribution in [0.3, 0.4) is 0 Å². The molecule has 0 aromatic carbocycles. The Balaban J connectivity index is 2.23. The molecule has 1 saturated heterocycles. The van der Waals surface area contributed by atoms with Crippen LogP contribution in [-0.4, -0.2) is 52.2 Å². The SMILES string of the molecule is CC(=O)N[C@@H](CCCCN1CC(S)CC1=O)C(=O)O. The summed E-state index contributed by atoms with van der Waals surface area (Å²) < 4.78 is 0. The summed E-state index contributed by atoms with van der Waals surface area (Å²) in [7, 11) is 0. The van der Waals surface area contributed by atoms with Gasteiger partial charge in [-0.15, -0.1) is 0 Å². The minimum absolute atomic E-state index is 0.108. The van der Waals surface area contributed by atoms with Gasteiger partial charge >= 0.3 is 5.97 Å². The molecule has 0 saturated carbocycles. The zero-order valence-electron chi connectivity index (χ0n) is 11.0. The highest BCUT2D eigenvalue weighted by Crippen LogP contribution is 2.16. The van der Waals surface area contributed by atoms with Crippen LogP contribution in [0, 0.1) is 0 Å². The molecule has 2 amide bonds. The molecule has 1 rings (SSSR count). The number of likely N-dealkylation sites (tertiary alicyclic amines) is 1. The van der Waals surface area contributed by atoms with E-state index in [0.29, 0.717) is 32.4 Å². The van der Waals surface area contributed by atoms with Crippen LogP contribution < -0.4 is 5.32 Å². The number of thiol groups is 1. The molecule has 2 N–H and O–H groups in total. The van der Waals surface area contributed by atoms with E-state index in [1.807, 2.05) is 0 Å². The number of carboxylic acids is 1. The number of carboxylic acid groups (broad SMARTS) is 1. The summed E-state index contributed by atoms with van der Waals surface area (Å²) in [6.45, 7) is 2.59. The van der Waals surface area contributed by atoms with Crippen molar-refractivity contribution >= 4 is 30.4 Å². The number of rotatable bonds is 7. The van der Waals surface area contributed by atoms with Crippen LogP contribution in [0.25, 0.3) is 0 Å². The minimum atomic E-state index is -1.03. The number of unbranched alkanes of at least 4 members (excludes halogenated alkanes) is 1. The normalized spacial score (nSPS) is 20.4. The average Bonchev–Trinajstić information content (AvgIpc) is 2.61. The summed E-state index contributed by atoms with van der Waals surface area (Å²) in [5, 5.41) is 11.4. The molecule has 0 radical (unpaired) electrons. The topological polar surface area (TPSA) is 86.7 Å². The van der Waals surface area contributed by atoms with E-state index in [0.717, 1.165) is 6.42 Å². The van der Waals surface area contributed by atoms with Crippen LogP contribution in [0.5, 0.6) is 0 Å². The van der Waals surface area contributed by atoms with Gasteiger partial charge in [-0.05, 0) is 19.3 Å². The predicted molar refractivity (Wildman–Crippen MR) is 73.1 cm³/mol. The van der Waals surface area contributed by atoms with Gasteiger partial charge in [0.2, 0.25) is 11.8 Å². The molecule has 6 nitrogen and oxygen atoms in total. The van der Waals surface area contributed by atoms with Crippen LogP contribution >= 0.6 is 12.6 Å². The summed E-state index contributed by atoms with van der Waals surface area (Å²) in [4.78, 5) is 35.0. The van der Waals surface area contributed by atoms with Crippen molar-refractivity contribution in [3.8, 4) is 0 Å². The van der Waals surface area contributed by atoms with Gasteiger partial charge in [0, 0.05) is 31.7 Å². The molecule has 2 atom stereocenters. The Labute approximate surface area is 117 Å². The molecule has 7 heteroatoms. The number of amides is 2. The molecule has 108 valence electrons. The van der Waals surface area contributed by atoms with Crippen LogP contribution in [0.1, 0.15) is 32.6 Å². The Kier molecular flexibility index (Phi) is 6.14. The third kappa shape index (κ3) is 5.50. The largest absolute Gasteiger partial charge is 0.480 e. The van der Waals surface area contributed by atoms with Crippen molar-refractivity contribution in [1.29, 1.82) is 0 Å². The van der Waals surface area contributed by atoms with Gasteiger partial charge in [-0.1, -0.05) is 0 Å². The third-order valence-electron chi connectivity index (χ3n) is 3.04. The van der Waals surface area contributed by atoms with Crippen molar-refractivity contribution < 1.29 is 19.5 Å². The van der Waals surface area contributed by atoms with E-state index in [4.69, 9.17) is 5.11 Å². The molecule has 1 aliphatic heterocycles. The standard InChI is InChI=1S/C12H20N2O4S/c1-8(15)13-10(12(17)18)4-2-3-5-14-7-9(19)6-11(14)16/h9-10,19H,2-7H2,1H3,(H,13,15)(H,17,18)/t9?,10-/m0/s1. The van der Waals surface area contributed by atoms with Gasteiger partial charge in [-0.25, -0.2) is 4.79 Å². The number of carbonyl (C=O) groups excluding carboxylic acids is 2. The summed E-state index contributed by atoms with van der Waals surface area (Å²) in [5.41, 5.74) is 0. The Morgan fingerprint density at radius 3 is 2.68 bits per heavy atom. The van der Waals surface area contributed by atoms with Crippen LogP contribution in [0.15, 0.2) is 0 Å². The smallest absolute Gasteiger partial charge is 0.326 e. The Bertz CT molecular complexity index is 362. The van der Waals surface area contributed by atoms with Crippen molar-refractivity contribution in [3.63, 3.8) is 0 Å². The molecular formula is C12H20N2O4S. The van der Waals surface area contributed by atoms with Gasteiger partial charge in [0.25, 0.3) is 0 Å². The summed E-state index contributed by atoms with van der Waals surface area (Å²) in [6.07, 6.45) is 2.24. The Morgan fingerprint density at radius 1 is 1.53 bits per heavy atom. The summed E-state index contributed by atoms with van der Waals surface area (Å²) >= 11 is 4.27. The highest BCUT2D eigenvalue weighted by molar-refractivity contribution is 7.81. The highest BCUT2D eigenvalue weighted by atomic mass is 32.1. The molecule has 0 aliphatic carbocycles. The molecule has 0 bridgehead atoms. The lowest BCUT2D eigenvalue weighted by Gasteiger charge is -2.17. The lowest BCUT2D eigenvalue weighted by molar-refractivity contribution is -0.141. The van der Waals surface area contributed by atoms with E-state index in [9.17, 15) is 14.4 Å². The molecule has 0 spiro atoms. The number of nitrogens with one attached hydrogen (secondary N) is 1. The first-order chi connectivity index (χ1) is 8.90. The maximum absolute atomic E-state index is 11.5. The first-order valence-corrected chi connectivity index (χ1v) is 6.87. The number of hydrogen-bond donors (Lipinski definition) is 3. The molecule has 1 unspecified atom stereocenters. The highest BCUT2D eigenvalue weighted by Gasteiger charge is 2.26. The third-order valence-corrected chi connectivity index (χ3v) is 3.39. The van der Waals surface area contributed by atoms with E-state index in [1.54, 1.807) is 4.90 Å². The van der Waals surface area contributed by atoms with Crippen LogP contribution in [-0.2, 0) is 14.4 Å². The van der Waals surface area contributed by atoms with Gasteiger partial charge in [0.05, 0.1) is 0 Å². The van der Waals surface area contributed by atoms with E-state index < -0.39 is 12.0 Å². The number of hydrogen-bond acceptors (Lipinski definition) is 4. The average molecular weight is 288 g/mol. The van der Waals surface area contributed by atoms with Gasteiger partial charge in [0.15, 0.2) is 0 Å². The molecule has 0 aromatic rings. The number of nitrogens with zero attached hydrogens (tertiary/aromatic N) is 1. The molecule has 19 heavy (non-hydrogen) atoms.